The van der Waals surface area contributed by atoms with Crippen LogP contribution >= 0.6 is 22.3 Å². The maximum atomic E-state index is 11.4. The van der Waals surface area contributed by atoms with Crippen LogP contribution in [0.2, 0.25) is 5.15 Å². The molecule has 0 aliphatic rings. The van der Waals surface area contributed by atoms with Gasteiger partial charge in [0.2, 0.25) is 0 Å². The second-order valence-electron chi connectivity index (χ2n) is 4.46. The van der Waals surface area contributed by atoms with Crippen molar-refractivity contribution in [3.63, 3.8) is 0 Å². The van der Waals surface area contributed by atoms with E-state index in [1.165, 1.54) is 10.2 Å². The van der Waals surface area contributed by atoms with Gasteiger partial charge in [0, 0.05) is 17.2 Å². The minimum absolute atomic E-state index is 0.0746. The lowest BCUT2D eigenvalue weighted by Crippen LogP contribution is -2.02. The van der Waals surface area contributed by atoms with Crippen molar-refractivity contribution in [1.29, 1.82) is 0 Å². The summed E-state index contributed by atoms with van der Waals surface area (Å²) in [6.07, 6.45) is 1.69. The van der Waals surface area contributed by atoms with E-state index in [4.69, 9.17) is 22.3 Å². The summed E-state index contributed by atoms with van der Waals surface area (Å²) >= 11 is 6.03. The molecule has 0 unspecified atom stereocenters. The molecule has 2 aromatic rings. The largest absolute Gasteiger partial charge is 0.266 e. The molecule has 4 nitrogen and oxygen atoms in total. The molecule has 1 heterocycles. The molecule has 0 spiro atoms. The van der Waals surface area contributed by atoms with E-state index in [0.29, 0.717) is 12.2 Å². The molecule has 0 fully saturated rings. The van der Waals surface area contributed by atoms with Crippen LogP contribution in [-0.4, -0.2) is 18.2 Å². The number of hydrogen-bond donors (Lipinski definition) is 0. The molecule has 1 aromatic carbocycles. The lowest BCUT2D eigenvalue weighted by Gasteiger charge is -2.03. The molecule has 108 valence electrons. The van der Waals surface area contributed by atoms with Gasteiger partial charge in [-0.15, -0.1) is 0 Å². The first-order chi connectivity index (χ1) is 9.39. The quantitative estimate of drug-likeness (QED) is 0.788. The van der Waals surface area contributed by atoms with Crippen LogP contribution in [-0.2, 0) is 22.0 Å². The van der Waals surface area contributed by atoms with Crippen molar-refractivity contribution in [3.05, 3.63) is 46.7 Å². The second kappa shape index (κ2) is 6.16. The van der Waals surface area contributed by atoms with Crippen molar-refractivity contribution in [2.75, 3.05) is 0 Å². The van der Waals surface area contributed by atoms with Gasteiger partial charge in [-0.3, -0.25) is 4.68 Å². The first kappa shape index (κ1) is 15.4. The number of aryl methyl sites for hydroxylation is 3. The Hall–Kier alpha value is -1.04. The molecular formula is C13H14Cl2N2O2S. The monoisotopic (exact) mass is 332 g/mol. The molecular weight excluding hydrogens is 319 g/mol. The highest BCUT2D eigenvalue weighted by atomic mass is 35.7. The third-order valence-electron chi connectivity index (χ3n) is 2.94. The summed E-state index contributed by atoms with van der Waals surface area (Å²) in [5.74, 6) is 0. The first-order valence-corrected chi connectivity index (χ1v) is 8.80. The van der Waals surface area contributed by atoms with Gasteiger partial charge in [-0.1, -0.05) is 41.9 Å². The van der Waals surface area contributed by atoms with E-state index in [0.717, 1.165) is 12.8 Å². The molecule has 7 heteroatoms. The van der Waals surface area contributed by atoms with Crippen molar-refractivity contribution in [3.8, 4) is 0 Å². The van der Waals surface area contributed by atoms with Gasteiger partial charge in [-0.25, -0.2) is 8.42 Å². The Labute approximate surface area is 127 Å². The Kier molecular flexibility index (Phi) is 4.73. The van der Waals surface area contributed by atoms with Gasteiger partial charge in [-0.05, 0) is 25.3 Å². The van der Waals surface area contributed by atoms with Crippen LogP contribution in [0.4, 0.5) is 0 Å². The van der Waals surface area contributed by atoms with Crippen molar-refractivity contribution < 1.29 is 8.42 Å². The predicted molar refractivity (Wildman–Crippen MR) is 79.8 cm³/mol. The lowest BCUT2D eigenvalue weighted by molar-refractivity contribution is 0.575. The molecule has 0 aliphatic heterocycles. The standard InChI is InChI=1S/C13H14Cl2N2O2S/c1-10-12(20(15,18)19)13(14)17(16-10)9-5-8-11-6-3-2-4-7-11/h2-4,6-7H,5,8-9H2,1H3. The Morgan fingerprint density at radius 2 is 1.90 bits per heavy atom. The molecule has 20 heavy (non-hydrogen) atoms. The smallest absolute Gasteiger partial charge is 0.252 e. The number of aromatic nitrogens is 2. The van der Waals surface area contributed by atoms with Crippen molar-refractivity contribution >= 4 is 31.3 Å². The van der Waals surface area contributed by atoms with Crippen LogP contribution in [0.3, 0.4) is 0 Å². The van der Waals surface area contributed by atoms with E-state index in [1.807, 2.05) is 30.3 Å². The number of halogens is 2. The highest BCUT2D eigenvalue weighted by Gasteiger charge is 2.23. The van der Waals surface area contributed by atoms with Crippen LogP contribution in [0.5, 0.6) is 0 Å². The van der Waals surface area contributed by atoms with Crippen molar-refractivity contribution in [2.24, 2.45) is 0 Å². The Morgan fingerprint density at radius 1 is 1.25 bits per heavy atom. The zero-order valence-corrected chi connectivity index (χ0v) is 13.2. The maximum Gasteiger partial charge on any atom is 0.266 e. The third kappa shape index (κ3) is 3.53. The van der Waals surface area contributed by atoms with Gasteiger partial charge in [0.05, 0.1) is 5.69 Å². The summed E-state index contributed by atoms with van der Waals surface area (Å²) in [5, 5.41) is 4.20. The molecule has 0 amide bonds. The summed E-state index contributed by atoms with van der Waals surface area (Å²) in [5.41, 5.74) is 1.54. The highest BCUT2D eigenvalue weighted by molar-refractivity contribution is 8.13. The van der Waals surface area contributed by atoms with Gasteiger partial charge in [0.15, 0.2) is 0 Å². The molecule has 0 radical (unpaired) electrons. The zero-order chi connectivity index (χ0) is 14.8. The highest BCUT2D eigenvalue weighted by Crippen LogP contribution is 2.28. The summed E-state index contributed by atoms with van der Waals surface area (Å²) in [7, 11) is 1.48. The maximum absolute atomic E-state index is 11.4. The zero-order valence-electron chi connectivity index (χ0n) is 10.9. The second-order valence-corrected chi connectivity index (χ2v) is 7.32. The van der Waals surface area contributed by atoms with Crippen LogP contribution in [0.25, 0.3) is 0 Å². The fourth-order valence-corrected chi connectivity index (χ4v) is 3.98. The normalized spacial score (nSPS) is 11.8. The molecule has 0 N–H and O–H groups in total. The summed E-state index contributed by atoms with van der Waals surface area (Å²) in [6, 6.07) is 10.0. The van der Waals surface area contributed by atoms with Gasteiger partial charge < -0.3 is 0 Å². The van der Waals surface area contributed by atoms with E-state index >= 15 is 0 Å². The fraction of sp³-hybridized carbons (Fsp3) is 0.308. The van der Waals surface area contributed by atoms with Gasteiger partial charge in [-0.2, -0.15) is 5.10 Å². The molecule has 0 saturated heterocycles. The van der Waals surface area contributed by atoms with Crippen LogP contribution in [0.15, 0.2) is 35.2 Å². The molecule has 0 atom stereocenters. The SMILES string of the molecule is Cc1nn(CCCc2ccccc2)c(Cl)c1S(=O)(=O)Cl. The summed E-state index contributed by atoms with van der Waals surface area (Å²) < 4.78 is 24.3. The van der Waals surface area contributed by atoms with E-state index in [9.17, 15) is 8.42 Å². The summed E-state index contributed by atoms with van der Waals surface area (Å²) in [4.78, 5) is -0.0967. The molecule has 2 rings (SSSR count). The number of hydrogen-bond acceptors (Lipinski definition) is 3. The molecule has 1 aromatic heterocycles. The topological polar surface area (TPSA) is 52.0 Å². The molecule has 0 aliphatic carbocycles. The average Bonchev–Trinajstić information content (AvgIpc) is 2.65. The average molecular weight is 333 g/mol. The third-order valence-corrected chi connectivity index (χ3v) is 4.87. The van der Waals surface area contributed by atoms with Crippen LogP contribution in [0, 0.1) is 6.92 Å². The van der Waals surface area contributed by atoms with E-state index in [1.54, 1.807) is 6.92 Å². The van der Waals surface area contributed by atoms with E-state index in [2.05, 4.69) is 5.10 Å². The predicted octanol–water partition coefficient (Wildman–Crippen LogP) is 3.41. The number of rotatable bonds is 5. The number of benzene rings is 1. The minimum Gasteiger partial charge on any atom is -0.252 e. The Balaban J connectivity index is 2.08. The molecule has 0 bridgehead atoms. The van der Waals surface area contributed by atoms with E-state index < -0.39 is 9.05 Å². The summed E-state index contributed by atoms with van der Waals surface area (Å²) in [6.45, 7) is 2.12. The molecule has 0 saturated carbocycles. The fourth-order valence-electron chi connectivity index (χ4n) is 2.04. The van der Waals surface area contributed by atoms with Gasteiger partial charge in [0.1, 0.15) is 10.0 Å². The number of nitrogens with zero attached hydrogens (tertiary/aromatic N) is 2. The minimum atomic E-state index is -3.86. The first-order valence-electron chi connectivity index (χ1n) is 6.11. The van der Waals surface area contributed by atoms with Crippen LogP contribution < -0.4 is 0 Å². The Bertz CT molecular complexity index is 697. The van der Waals surface area contributed by atoms with Crippen molar-refractivity contribution in [1.82, 2.24) is 9.78 Å². The lowest BCUT2D eigenvalue weighted by atomic mass is 10.1. The van der Waals surface area contributed by atoms with Gasteiger partial charge in [0.25, 0.3) is 9.05 Å². The van der Waals surface area contributed by atoms with Crippen LogP contribution in [0.1, 0.15) is 17.7 Å². The van der Waals surface area contributed by atoms with Gasteiger partial charge >= 0.3 is 0 Å². The van der Waals surface area contributed by atoms with E-state index in [-0.39, 0.29) is 10.0 Å². The van der Waals surface area contributed by atoms with Crippen molar-refractivity contribution in [2.45, 2.75) is 31.2 Å². The Morgan fingerprint density at radius 3 is 2.45 bits per heavy atom.